The summed E-state index contributed by atoms with van der Waals surface area (Å²) in [4.78, 5) is 8.85. The van der Waals surface area contributed by atoms with Gasteiger partial charge < -0.3 is 4.84 Å². The zero-order valence-corrected chi connectivity index (χ0v) is 6.22. The quantitative estimate of drug-likeness (QED) is 0.639. The highest BCUT2D eigenvalue weighted by molar-refractivity contribution is 6.30. The number of benzene rings is 1. The highest BCUT2D eigenvalue weighted by atomic mass is 35.5. The van der Waals surface area contributed by atoms with E-state index in [1.165, 1.54) is 0 Å². The van der Waals surface area contributed by atoms with Crippen molar-refractivity contribution in [1.29, 1.82) is 0 Å². The molecule has 0 saturated heterocycles. The first-order valence-electron chi connectivity index (χ1n) is 3.03. The van der Waals surface area contributed by atoms with Crippen molar-refractivity contribution >= 4 is 23.6 Å². The van der Waals surface area contributed by atoms with Crippen molar-refractivity contribution in [2.45, 2.75) is 0 Å². The molecule has 0 unspecified atom stereocenters. The van der Waals surface area contributed by atoms with Crippen molar-refractivity contribution in [2.75, 3.05) is 0 Å². The first kappa shape index (κ1) is 6.49. The van der Waals surface area contributed by atoms with Gasteiger partial charge >= 0.3 is 0 Å². The number of halogens is 1. The number of nitrogens with zero attached hydrogens (tertiary/aromatic N) is 1. The molecule has 0 bridgehead atoms. The van der Waals surface area contributed by atoms with Crippen molar-refractivity contribution in [1.82, 2.24) is 5.48 Å². The predicted molar refractivity (Wildman–Crippen MR) is 42.3 cm³/mol. The molecular formula is C7H4ClN2O. The molecule has 4 heteroatoms. The fourth-order valence-electron chi connectivity index (χ4n) is 0.825. The molecule has 1 aromatic carbocycles. The van der Waals surface area contributed by atoms with Gasteiger partial charge in [0.1, 0.15) is 5.69 Å². The molecule has 0 saturated carbocycles. The number of aliphatic imine (C=N–C) groups is 1. The lowest BCUT2D eigenvalue weighted by Gasteiger charge is -2.09. The van der Waals surface area contributed by atoms with Crippen LogP contribution in [-0.4, -0.2) is 6.34 Å². The molecule has 1 aliphatic rings. The molecule has 0 fully saturated rings. The van der Waals surface area contributed by atoms with Crippen LogP contribution in [0.25, 0.3) is 0 Å². The molecule has 55 valence electrons. The van der Waals surface area contributed by atoms with E-state index in [1.54, 1.807) is 18.2 Å². The molecule has 11 heavy (non-hydrogen) atoms. The molecular weight excluding hydrogens is 164 g/mol. The van der Waals surface area contributed by atoms with Gasteiger partial charge in [0, 0.05) is 5.02 Å². The van der Waals surface area contributed by atoms with E-state index in [-0.39, 0.29) is 0 Å². The summed E-state index contributed by atoms with van der Waals surface area (Å²) in [6.45, 7) is 0. The van der Waals surface area contributed by atoms with E-state index in [9.17, 15) is 0 Å². The Labute approximate surface area is 68.6 Å². The van der Waals surface area contributed by atoms with E-state index < -0.39 is 0 Å². The van der Waals surface area contributed by atoms with Gasteiger partial charge in [0.2, 0.25) is 6.34 Å². The van der Waals surface area contributed by atoms with Gasteiger partial charge in [-0.3, -0.25) is 0 Å². The van der Waals surface area contributed by atoms with Gasteiger partial charge in [-0.15, -0.1) is 0 Å². The van der Waals surface area contributed by atoms with Crippen LogP contribution < -0.4 is 10.3 Å². The van der Waals surface area contributed by atoms with Crippen molar-refractivity contribution < 1.29 is 4.84 Å². The molecule has 0 amide bonds. The maximum Gasteiger partial charge on any atom is 0.206 e. The first-order valence-corrected chi connectivity index (χ1v) is 3.41. The number of hydroxylamine groups is 1. The van der Waals surface area contributed by atoms with Gasteiger partial charge in [0.05, 0.1) is 0 Å². The van der Waals surface area contributed by atoms with E-state index >= 15 is 0 Å². The van der Waals surface area contributed by atoms with Gasteiger partial charge in [-0.25, -0.2) is 4.99 Å². The van der Waals surface area contributed by atoms with Crippen LogP contribution in [0.4, 0.5) is 5.69 Å². The standard InChI is InChI=1S/C7H4ClN2O/c8-5-1-2-7-6(3-5)9-4-10-11-7/h1-3H,(H,9,10). The third-order valence-corrected chi connectivity index (χ3v) is 1.54. The monoisotopic (exact) mass is 167 g/mol. The lowest BCUT2D eigenvalue weighted by Crippen LogP contribution is -2.18. The number of hydrogen-bond donors (Lipinski definition) is 1. The van der Waals surface area contributed by atoms with Gasteiger partial charge in [0.25, 0.3) is 0 Å². The average molecular weight is 168 g/mol. The minimum atomic E-state index is 0.639. The molecule has 1 radical (unpaired) electrons. The van der Waals surface area contributed by atoms with Gasteiger partial charge in [-0.2, -0.15) is 5.48 Å². The van der Waals surface area contributed by atoms with Gasteiger partial charge in [0.15, 0.2) is 5.75 Å². The smallest absolute Gasteiger partial charge is 0.206 e. The average Bonchev–Trinajstić information content (AvgIpc) is 2.04. The Kier molecular flexibility index (Phi) is 1.43. The van der Waals surface area contributed by atoms with E-state index in [2.05, 4.69) is 16.8 Å². The number of hydrogen-bond acceptors (Lipinski definition) is 3. The third kappa shape index (κ3) is 1.14. The van der Waals surface area contributed by atoms with Crippen LogP contribution in [0.15, 0.2) is 23.2 Å². The number of nitrogens with one attached hydrogen (secondary N) is 1. The van der Waals surface area contributed by atoms with Crippen LogP contribution in [0.5, 0.6) is 5.75 Å². The highest BCUT2D eigenvalue weighted by Crippen LogP contribution is 2.30. The highest BCUT2D eigenvalue weighted by Gasteiger charge is 2.06. The molecule has 1 heterocycles. The first-order chi connectivity index (χ1) is 5.36. The fraction of sp³-hybridized carbons (Fsp3) is 0. The summed E-state index contributed by atoms with van der Waals surface area (Å²) >= 11 is 5.71. The summed E-state index contributed by atoms with van der Waals surface area (Å²) in [5, 5.41) is 0.639. The van der Waals surface area contributed by atoms with E-state index in [1.807, 2.05) is 0 Å². The van der Waals surface area contributed by atoms with Crippen molar-refractivity contribution in [3.05, 3.63) is 23.2 Å². The fourth-order valence-corrected chi connectivity index (χ4v) is 0.991. The summed E-state index contributed by atoms with van der Waals surface area (Å²) in [7, 11) is 0. The molecule has 2 rings (SSSR count). The second kappa shape index (κ2) is 2.43. The lowest BCUT2D eigenvalue weighted by molar-refractivity contribution is 0.264. The molecule has 3 nitrogen and oxygen atoms in total. The predicted octanol–water partition coefficient (Wildman–Crippen LogP) is 1.77. The summed E-state index contributed by atoms with van der Waals surface area (Å²) < 4.78 is 0. The van der Waals surface area contributed by atoms with E-state index in [4.69, 9.17) is 16.4 Å². The second-order valence-corrected chi connectivity index (χ2v) is 2.48. The van der Waals surface area contributed by atoms with Crippen molar-refractivity contribution in [3.8, 4) is 5.75 Å². The minimum Gasteiger partial charge on any atom is -0.378 e. The second-order valence-electron chi connectivity index (χ2n) is 2.04. The molecule has 1 aromatic rings. The summed E-state index contributed by atoms with van der Waals surface area (Å²) in [5.41, 5.74) is 3.09. The zero-order valence-electron chi connectivity index (χ0n) is 5.47. The SMILES string of the molecule is Clc1ccc2c(c1)N=[C]NO2. The Hall–Kier alpha value is -1.22. The van der Waals surface area contributed by atoms with Gasteiger partial charge in [-0.1, -0.05) is 11.6 Å². The Bertz CT molecular complexity index is 311. The summed E-state index contributed by atoms with van der Waals surface area (Å²) in [6, 6.07) is 5.20. The molecule has 0 aliphatic carbocycles. The van der Waals surface area contributed by atoms with Crippen LogP contribution in [0.1, 0.15) is 0 Å². The maximum atomic E-state index is 5.71. The topological polar surface area (TPSA) is 33.6 Å². The molecule has 0 aromatic heterocycles. The normalized spacial score (nSPS) is 13.2. The van der Waals surface area contributed by atoms with E-state index in [0.717, 1.165) is 0 Å². The Morgan fingerprint density at radius 2 is 2.45 bits per heavy atom. The lowest BCUT2D eigenvalue weighted by atomic mass is 10.3. The van der Waals surface area contributed by atoms with Crippen LogP contribution in [-0.2, 0) is 0 Å². The van der Waals surface area contributed by atoms with Crippen molar-refractivity contribution in [3.63, 3.8) is 0 Å². The zero-order chi connectivity index (χ0) is 7.68. The summed E-state index contributed by atoms with van der Waals surface area (Å²) in [5.74, 6) is 0.660. The van der Waals surface area contributed by atoms with Crippen LogP contribution in [0.3, 0.4) is 0 Å². The number of rotatable bonds is 0. The Balaban J connectivity index is 2.54. The van der Waals surface area contributed by atoms with Crippen LogP contribution in [0.2, 0.25) is 5.02 Å². The number of fused-ring (bicyclic) bond motifs is 1. The largest absolute Gasteiger partial charge is 0.378 e. The van der Waals surface area contributed by atoms with Gasteiger partial charge in [-0.05, 0) is 18.2 Å². The molecule has 0 spiro atoms. The molecule has 1 aliphatic heterocycles. The Morgan fingerprint density at radius 3 is 3.36 bits per heavy atom. The minimum absolute atomic E-state index is 0.639. The van der Waals surface area contributed by atoms with Crippen LogP contribution in [0, 0.1) is 0 Å². The Morgan fingerprint density at radius 1 is 1.55 bits per heavy atom. The maximum absolute atomic E-state index is 5.71. The molecule has 1 N–H and O–H groups in total. The van der Waals surface area contributed by atoms with Crippen LogP contribution >= 0.6 is 11.6 Å². The van der Waals surface area contributed by atoms with Crippen molar-refractivity contribution in [2.24, 2.45) is 4.99 Å². The van der Waals surface area contributed by atoms with E-state index in [0.29, 0.717) is 16.5 Å². The third-order valence-electron chi connectivity index (χ3n) is 1.30. The summed E-state index contributed by atoms with van der Waals surface area (Å²) in [6.07, 6.45) is 2.46. The molecule has 0 atom stereocenters.